The second kappa shape index (κ2) is 5.87. The van der Waals surface area contributed by atoms with Gasteiger partial charge in [0.1, 0.15) is 0 Å². The molecule has 0 aliphatic heterocycles. The first-order valence-electron chi connectivity index (χ1n) is 6.43. The second-order valence-corrected chi connectivity index (χ2v) is 4.97. The van der Waals surface area contributed by atoms with Crippen molar-refractivity contribution in [2.45, 2.75) is 31.7 Å². The van der Waals surface area contributed by atoms with E-state index in [-0.39, 0.29) is 24.5 Å². The van der Waals surface area contributed by atoms with Crippen LogP contribution in [0.15, 0.2) is 24.3 Å². The Balaban J connectivity index is 1.89. The minimum absolute atomic E-state index is 0.00551. The SMILES string of the molecule is Nc1cccc(CC(=O)NC2CCCC2CO)c1. The van der Waals surface area contributed by atoms with Crippen LogP contribution >= 0.6 is 0 Å². The van der Waals surface area contributed by atoms with Gasteiger partial charge in [-0.1, -0.05) is 18.6 Å². The molecule has 4 N–H and O–H groups in total. The Bertz CT molecular complexity index is 420. The van der Waals surface area contributed by atoms with Gasteiger partial charge in [0, 0.05) is 24.3 Å². The van der Waals surface area contributed by atoms with Gasteiger partial charge in [0.05, 0.1) is 6.42 Å². The highest BCUT2D eigenvalue weighted by Crippen LogP contribution is 2.25. The molecule has 0 aromatic heterocycles. The van der Waals surface area contributed by atoms with Crippen LogP contribution in [0.3, 0.4) is 0 Å². The predicted octanol–water partition coefficient (Wildman–Crippen LogP) is 1.09. The van der Waals surface area contributed by atoms with E-state index in [9.17, 15) is 9.90 Å². The average Bonchev–Trinajstić information content (AvgIpc) is 2.76. The number of nitrogen functional groups attached to an aromatic ring is 1. The fourth-order valence-corrected chi connectivity index (χ4v) is 2.59. The summed E-state index contributed by atoms with van der Waals surface area (Å²) in [5, 5.41) is 12.2. The Kier molecular flexibility index (Phi) is 4.20. The third-order valence-electron chi connectivity index (χ3n) is 3.56. The van der Waals surface area contributed by atoms with Gasteiger partial charge >= 0.3 is 0 Å². The van der Waals surface area contributed by atoms with E-state index < -0.39 is 0 Å². The first kappa shape index (κ1) is 12.9. The summed E-state index contributed by atoms with van der Waals surface area (Å²) < 4.78 is 0. The van der Waals surface area contributed by atoms with Gasteiger partial charge in [0.25, 0.3) is 0 Å². The molecule has 18 heavy (non-hydrogen) atoms. The molecule has 0 spiro atoms. The minimum Gasteiger partial charge on any atom is -0.399 e. The zero-order chi connectivity index (χ0) is 13.0. The Hall–Kier alpha value is -1.55. The molecule has 1 aliphatic rings. The molecule has 2 rings (SSSR count). The smallest absolute Gasteiger partial charge is 0.224 e. The molecule has 0 radical (unpaired) electrons. The van der Waals surface area contributed by atoms with Crippen molar-refractivity contribution in [3.8, 4) is 0 Å². The number of benzene rings is 1. The Labute approximate surface area is 107 Å². The summed E-state index contributed by atoms with van der Waals surface area (Å²) in [7, 11) is 0. The first-order chi connectivity index (χ1) is 8.69. The molecule has 4 nitrogen and oxygen atoms in total. The fraction of sp³-hybridized carbons (Fsp3) is 0.500. The maximum absolute atomic E-state index is 11.9. The van der Waals surface area contributed by atoms with Crippen molar-refractivity contribution in [2.75, 3.05) is 12.3 Å². The molecule has 4 heteroatoms. The highest BCUT2D eigenvalue weighted by molar-refractivity contribution is 5.79. The molecule has 0 bridgehead atoms. The summed E-state index contributed by atoms with van der Waals surface area (Å²) in [5.74, 6) is 0.223. The van der Waals surface area contributed by atoms with Gasteiger partial charge in [-0.2, -0.15) is 0 Å². The largest absolute Gasteiger partial charge is 0.399 e. The quantitative estimate of drug-likeness (QED) is 0.698. The van der Waals surface area contributed by atoms with Gasteiger partial charge in [0.2, 0.25) is 5.91 Å². The van der Waals surface area contributed by atoms with Crippen LogP contribution < -0.4 is 11.1 Å². The lowest BCUT2D eigenvalue weighted by atomic mass is 10.0. The number of aliphatic hydroxyl groups is 1. The number of hydrogen-bond donors (Lipinski definition) is 3. The van der Waals surface area contributed by atoms with Gasteiger partial charge in [-0.3, -0.25) is 4.79 Å². The van der Waals surface area contributed by atoms with Crippen LogP contribution in [0.25, 0.3) is 0 Å². The van der Waals surface area contributed by atoms with Crippen molar-refractivity contribution in [2.24, 2.45) is 5.92 Å². The molecule has 98 valence electrons. The molecule has 1 aromatic carbocycles. The number of carbonyl (C=O) groups is 1. The molecule has 1 aliphatic carbocycles. The number of nitrogens with two attached hydrogens (primary N) is 1. The van der Waals surface area contributed by atoms with Crippen LogP contribution in [0.2, 0.25) is 0 Å². The molecule has 0 saturated heterocycles. The molecular weight excluding hydrogens is 228 g/mol. The normalized spacial score (nSPS) is 22.9. The van der Waals surface area contributed by atoms with Gasteiger partial charge in [0.15, 0.2) is 0 Å². The van der Waals surface area contributed by atoms with Crippen LogP contribution in [0.1, 0.15) is 24.8 Å². The highest BCUT2D eigenvalue weighted by atomic mass is 16.3. The highest BCUT2D eigenvalue weighted by Gasteiger charge is 2.27. The number of carbonyl (C=O) groups excluding carboxylic acids is 1. The molecule has 2 unspecified atom stereocenters. The van der Waals surface area contributed by atoms with Crippen molar-refractivity contribution in [3.63, 3.8) is 0 Å². The number of rotatable bonds is 4. The summed E-state index contributed by atoms with van der Waals surface area (Å²) in [6.07, 6.45) is 3.39. The predicted molar refractivity (Wildman–Crippen MR) is 70.9 cm³/mol. The van der Waals surface area contributed by atoms with E-state index in [2.05, 4.69) is 5.32 Å². The van der Waals surface area contributed by atoms with E-state index in [0.29, 0.717) is 12.1 Å². The van der Waals surface area contributed by atoms with Crippen LogP contribution in [0.5, 0.6) is 0 Å². The van der Waals surface area contributed by atoms with E-state index in [1.807, 2.05) is 18.2 Å². The molecule has 1 aromatic rings. The molecular formula is C14H20N2O2. The lowest BCUT2D eigenvalue weighted by Crippen LogP contribution is -2.39. The van der Waals surface area contributed by atoms with Gasteiger partial charge < -0.3 is 16.2 Å². The van der Waals surface area contributed by atoms with Crippen molar-refractivity contribution in [1.82, 2.24) is 5.32 Å². The topological polar surface area (TPSA) is 75.4 Å². The van der Waals surface area contributed by atoms with E-state index >= 15 is 0 Å². The zero-order valence-corrected chi connectivity index (χ0v) is 10.4. The summed E-state index contributed by atoms with van der Waals surface area (Å²) >= 11 is 0. The number of aliphatic hydroxyl groups excluding tert-OH is 1. The minimum atomic E-state index is 0.00551. The van der Waals surface area contributed by atoms with E-state index in [4.69, 9.17) is 5.73 Å². The van der Waals surface area contributed by atoms with E-state index in [1.165, 1.54) is 0 Å². The van der Waals surface area contributed by atoms with Crippen molar-refractivity contribution in [3.05, 3.63) is 29.8 Å². The van der Waals surface area contributed by atoms with Gasteiger partial charge in [-0.05, 0) is 30.5 Å². The van der Waals surface area contributed by atoms with Crippen molar-refractivity contribution in [1.29, 1.82) is 0 Å². The Morgan fingerprint density at radius 3 is 3.00 bits per heavy atom. The summed E-state index contributed by atoms with van der Waals surface area (Å²) in [4.78, 5) is 11.9. The molecule has 0 heterocycles. The summed E-state index contributed by atoms with van der Waals surface area (Å²) in [5.41, 5.74) is 7.27. The van der Waals surface area contributed by atoms with Crippen LogP contribution in [0.4, 0.5) is 5.69 Å². The number of amides is 1. The molecule has 1 amide bonds. The third-order valence-corrected chi connectivity index (χ3v) is 3.56. The summed E-state index contributed by atoms with van der Waals surface area (Å²) in [6, 6.07) is 7.50. The van der Waals surface area contributed by atoms with Gasteiger partial charge in [-0.15, -0.1) is 0 Å². The standard InChI is InChI=1S/C14H20N2O2/c15-12-5-1-3-10(7-12)8-14(18)16-13-6-2-4-11(13)9-17/h1,3,5,7,11,13,17H,2,4,6,8-9,15H2,(H,16,18). The fourth-order valence-electron chi connectivity index (χ4n) is 2.59. The zero-order valence-electron chi connectivity index (χ0n) is 10.4. The number of hydrogen-bond acceptors (Lipinski definition) is 3. The Morgan fingerprint density at radius 2 is 2.28 bits per heavy atom. The molecule has 1 fully saturated rings. The number of nitrogens with one attached hydrogen (secondary N) is 1. The van der Waals surface area contributed by atoms with Gasteiger partial charge in [-0.25, -0.2) is 0 Å². The second-order valence-electron chi connectivity index (χ2n) is 4.97. The monoisotopic (exact) mass is 248 g/mol. The molecule has 2 atom stereocenters. The third kappa shape index (κ3) is 3.23. The Morgan fingerprint density at radius 1 is 1.44 bits per heavy atom. The van der Waals surface area contributed by atoms with E-state index in [1.54, 1.807) is 6.07 Å². The molecule has 1 saturated carbocycles. The van der Waals surface area contributed by atoms with Crippen LogP contribution in [0, 0.1) is 5.92 Å². The summed E-state index contributed by atoms with van der Waals surface area (Å²) in [6.45, 7) is 0.156. The van der Waals surface area contributed by atoms with E-state index in [0.717, 1.165) is 24.8 Å². The lowest BCUT2D eigenvalue weighted by molar-refractivity contribution is -0.121. The average molecular weight is 248 g/mol. The van der Waals surface area contributed by atoms with Crippen LogP contribution in [-0.4, -0.2) is 23.7 Å². The maximum Gasteiger partial charge on any atom is 0.224 e. The van der Waals surface area contributed by atoms with Crippen LogP contribution in [-0.2, 0) is 11.2 Å². The first-order valence-corrected chi connectivity index (χ1v) is 6.43. The number of anilines is 1. The maximum atomic E-state index is 11.9. The van der Waals surface area contributed by atoms with Crippen molar-refractivity contribution >= 4 is 11.6 Å². The van der Waals surface area contributed by atoms with Crippen molar-refractivity contribution < 1.29 is 9.90 Å². The lowest BCUT2D eigenvalue weighted by Gasteiger charge is -2.19.